The van der Waals surface area contributed by atoms with E-state index in [0.29, 0.717) is 12.1 Å². The molecule has 2 unspecified atom stereocenters. The summed E-state index contributed by atoms with van der Waals surface area (Å²) in [6, 6.07) is 3.03. The van der Waals surface area contributed by atoms with Gasteiger partial charge in [-0.25, -0.2) is 0 Å². The largest absolute Gasteiger partial charge is 0.378 e. The average Bonchev–Trinajstić information content (AvgIpc) is 3.15. The van der Waals surface area contributed by atoms with Crippen LogP contribution in [0.2, 0.25) is 0 Å². The van der Waals surface area contributed by atoms with Crippen molar-refractivity contribution >= 4 is 11.3 Å². The van der Waals surface area contributed by atoms with Crippen molar-refractivity contribution in [3.05, 3.63) is 21.4 Å². The van der Waals surface area contributed by atoms with E-state index in [1.807, 2.05) is 0 Å². The minimum atomic E-state index is 0.521. The minimum Gasteiger partial charge on any atom is -0.378 e. The predicted octanol–water partition coefficient (Wildman–Crippen LogP) is 4.24. The number of hydrogen-bond donors (Lipinski definition) is 1. The van der Waals surface area contributed by atoms with Crippen LogP contribution in [0.3, 0.4) is 0 Å². The molecule has 1 aliphatic heterocycles. The summed E-state index contributed by atoms with van der Waals surface area (Å²) >= 11 is 2.06. The first-order valence-corrected chi connectivity index (χ1v) is 9.15. The molecular weight excluding hydrogens is 266 g/mol. The second kappa shape index (κ2) is 7.06. The first kappa shape index (κ1) is 14.6. The van der Waals surface area contributed by atoms with Gasteiger partial charge in [-0.3, -0.25) is 0 Å². The zero-order chi connectivity index (χ0) is 13.8. The Morgan fingerprint density at radius 3 is 3.10 bits per heavy atom. The Morgan fingerprint density at radius 1 is 1.40 bits per heavy atom. The highest BCUT2D eigenvalue weighted by Gasteiger charge is 2.22. The number of hydrogen-bond acceptors (Lipinski definition) is 3. The van der Waals surface area contributed by atoms with Crippen LogP contribution in [-0.4, -0.2) is 19.3 Å². The maximum Gasteiger partial charge on any atom is 0.0576 e. The van der Waals surface area contributed by atoms with Gasteiger partial charge in [0.2, 0.25) is 0 Å². The van der Waals surface area contributed by atoms with Crippen molar-refractivity contribution in [3.63, 3.8) is 0 Å². The van der Waals surface area contributed by atoms with Gasteiger partial charge >= 0.3 is 0 Å². The lowest BCUT2D eigenvalue weighted by Crippen LogP contribution is -2.22. The highest BCUT2D eigenvalue weighted by Crippen LogP contribution is 2.35. The molecule has 1 aromatic rings. The molecule has 1 saturated heterocycles. The standard InChI is InChI=1S/C17H27NOS/c1-2-10-18-15(9-8-14-6-4-11-19-14)17-12-13-5-3-7-16(13)20-17/h12,14-15,18H,2-11H2,1H3. The van der Waals surface area contributed by atoms with E-state index in [9.17, 15) is 0 Å². The molecular formula is C17H27NOS. The summed E-state index contributed by atoms with van der Waals surface area (Å²) in [5.41, 5.74) is 1.63. The lowest BCUT2D eigenvalue weighted by molar-refractivity contribution is 0.0997. The smallest absolute Gasteiger partial charge is 0.0576 e. The Labute approximate surface area is 126 Å². The van der Waals surface area contributed by atoms with Crippen molar-refractivity contribution in [1.82, 2.24) is 5.32 Å². The molecule has 1 fully saturated rings. The molecule has 0 saturated carbocycles. The molecule has 20 heavy (non-hydrogen) atoms. The van der Waals surface area contributed by atoms with Crippen molar-refractivity contribution in [2.75, 3.05) is 13.2 Å². The average molecular weight is 293 g/mol. The molecule has 2 nitrogen and oxygen atoms in total. The monoisotopic (exact) mass is 293 g/mol. The summed E-state index contributed by atoms with van der Waals surface area (Å²) in [6.45, 7) is 4.35. The van der Waals surface area contributed by atoms with E-state index in [-0.39, 0.29) is 0 Å². The van der Waals surface area contributed by atoms with E-state index in [4.69, 9.17) is 4.74 Å². The van der Waals surface area contributed by atoms with Crippen LogP contribution in [0, 0.1) is 0 Å². The van der Waals surface area contributed by atoms with E-state index < -0.39 is 0 Å². The van der Waals surface area contributed by atoms with E-state index in [0.717, 1.165) is 13.2 Å². The molecule has 0 spiro atoms. The second-order valence-corrected chi connectivity index (χ2v) is 7.34. The summed E-state index contributed by atoms with van der Waals surface area (Å²) in [5, 5.41) is 3.75. The van der Waals surface area contributed by atoms with Gasteiger partial charge in [-0.1, -0.05) is 6.92 Å². The van der Waals surface area contributed by atoms with Crippen molar-refractivity contribution < 1.29 is 4.74 Å². The van der Waals surface area contributed by atoms with Crippen molar-refractivity contribution in [1.29, 1.82) is 0 Å². The molecule has 1 N–H and O–H groups in total. The third kappa shape index (κ3) is 3.44. The number of fused-ring (bicyclic) bond motifs is 1. The van der Waals surface area contributed by atoms with Gasteiger partial charge in [0, 0.05) is 22.4 Å². The quantitative estimate of drug-likeness (QED) is 0.812. The highest BCUT2D eigenvalue weighted by atomic mass is 32.1. The van der Waals surface area contributed by atoms with Crippen LogP contribution < -0.4 is 5.32 Å². The van der Waals surface area contributed by atoms with E-state index in [1.54, 1.807) is 15.3 Å². The number of thiophene rings is 1. The Hall–Kier alpha value is -0.380. The molecule has 0 aromatic carbocycles. The van der Waals surface area contributed by atoms with Crippen LogP contribution in [0.1, 0.15) is 66.8 Å². The number of nitrogens with one attached hydrogen (secondary N) is 1. The lowest BCUT2D eigenvalue weighted by atomic mass is 10.0. The van der Waals surface area contributed by atoms with Crippen LogP contribution in [0.5, 0.6) is 0 Å². The van der Waals surface area contributed by atoms with Crippen molar-refractivity contribution in [3.8, 4) is 0 Å². The van der Waals surface area contributed by atoms with E-state index in [1.165, 1.54) is 51.4 Å². The number of ether oxygens (including phenoxy) is 1. The topological polar surface area (TPSA) is 21.3 Å². The molecule has 0 bridgehead atoms. The Bertz CT molecular complexity index is 401. The van der Waals surface area contributed by atoms with Crippen molar-refractivity contribution in [2.24, 2.45) is 0 Å². The second-order valence-electron chi connectivity index (χ2n) is 6.17. The Balaban J connectivity index is 1.61. The minimum absolute atomic E-state index is 0.521. The fourth-order valence-electron chi connectivity index (χ4n) is 3.41. The zero-order valence-electron chi connectivity index (χ0n) is 12.6. The molecule has 1 aromatic heterocycles. The van der Waals surface area contributed by atoms with Crippen LogP contribution >= 0.6 is 11.3 Å². The van der Waals surface area contributed by atoms with E-state index in [2.05, 4.69) is 29.6 Å². The lowest BCUT2D eigenvalue weighted by Gasteiger charge is -2.19. The van der Waals surface area contributed by atoms with Crippen LogP contribution in [-0.2, 0) is 17.6 Å². The van der Waals surface area contributed by atoms with Crippen molar-refractivity contribution in [2.45, 2.75) is 70.4 Å². The summed E-state index contributed by atoms with van der Waals surface area (Å²) < 4.78 is 5.78. The van der Waals surface area contributed by atoms with Gasteiger partial charge < -0.3 is 10.1 Å². The highest BCUT2D eigenvalue weighted by molar-refractivity contribution is 7.12. The fourth-order valence-corrected chi connectivity index (χ4v) is 4.78. The van der Waals surface area contributed by atoms with Gasteiger partial charge in [0.05, 0.1) is 6.10 Å². The maximum absolute atomic E-state index is 5.78. The van der Waals surface area contributed by atoms with Gasteiger partial charge in [0.1, 0.15) is 0 Å². The Kier molecular flexibility index (Phi) is 5.14. The summed E-state index contributed by atoms with van der Waals surface area (Å²) in [4.78, 5) is 3.22. The SMILES string of the molecule is CCCNC(CCC1CCCO1)c1cc2c(s1)CCC2. The molecule has 3 heteroatoms. The third-order valence-corrected chi connectivity index (χ3v) is 5.90. The van der Waals surface area contributed by atoms with Gasteiger partial charge in [-0.15, -0.1) is 11.3 Å². The first-order chi connectivity index (χ1) is 9.86. The van der Waals surface area contributed by atoms with E-state index >= 15 is 0 Å². The summed E-state index contributed by atoms with van der Waals surface area (Å²) in [6.07, 6.45) is 10.7. The molecule has 0 radical (unpaired) electrons. The fraction of sp³-hybridized carbons (Fsp3) is 0.765. The zero-order valence-corrected chi connectivity index (χ0v) is 13.4. The predicted molar refractivity (Wildman–Crippen MR) is 85.6 cm³/mol. The molecule has 2 atom stereocenters. The summed E-state index contributed by atoms with van der Waals surface area (Å²) in [7, 11) is 0. The van der Waals surface area contributed by atoms with Gasteiger partial charge in [0.15, 0.2) is 0 Å². The third-order valence-electron chi connectivity index (χ3n) is 4.55. The molecule has 1 aliphatic carbocycles. The number of aryl methyl sites for hydroxylation is 2. The first-order valence-electron chi connectivity index (χ1n) is 8.33. The Morgan fingerprint density at radius 2 is 2.35 bits per heavy atom. The normalized spacial score (nSPS) is 23.1. The molecule has 2 aliphatic rings. The molecule has 3 rings (SSSR count). The molecule has 0 amide bonds. The van der Waals surface area contributed by atoms with Crippen LogP contribution in [0.25, 0.3) is 0 Å². The molecule has 112 valence electrons. The van der Waals surface area contributed by atoms with Crippen LogP contribution in [0.15, 0.2) is 6.07 Å². The molecule has 2 heterocycles. The van der Waals surface area contributed by atoms with Gasteiger partial charge in [-0.05, 0) is 69.5 Å². The summed E-state index contributed by atoms with van der Waals surface area (Å²) in [5.74, 6) is 0. The van der Waals surface area contributed by atoms with Gasteiger partial charge in [0.25, 0.3) is 0 Å². The number of rotatable bonds is 7. The van der Waals surface area contributed by atoms with Crippen LogP contribution in [0.4, 0.5) is 0 Å². The maximum atomic E-state index is 5.78. The van der Waals surface area contributed by atoms with Gasteiger partial charge in [-0.2, -0.15) is 0 Å².